The Hall–Kier alpha value is -2.06. The van der Waals surface area contributed by atoms with E-state index in [0.717, 1.165) is 0 Å². The Balaban J connectivity index is 0.00000162. The summed E-state index contributed by atoms with van der Waals surface area (Å²) in [6.45, 7) is 0. The first-order valence-electron chi connectivity index (χ1n) is 5.02. The van der Waals surface area contributed by atoms with E-state index in [2.05, 4.69) is 0 Å². The van der Waals surface area contributed by atoms with Crippen LogP contribution < -0.4 is 0 Å². The molecule has 0 fully saturated rings. The van der Waals surface area contributed by atoms with Gasteiger partial charge in [-0.25, -0.2) is 0 Å². The van der Waals surface area contributed by atoms with Gasteiger partial charge in [0.15, 0.2) is 5.78 Å². The highest BCUT2D eigenvalue weighted by Gasteiger charge is 2.12. The molecule has 0 aliphatic rings. The number of non-ortho nitro benzene ring substituents is 1. The van der Waals surface area contributed by atoms with E-state index in [1.807, 2.05) is 6.07 Å². The lowest BCUT2D eigenvalue weighted by atomic mass is 10.0. The number of rotatable bonds is 3. The van der Waals surface area contributed by atoms with Gasteiger partial charge in [0.05, 0.1) is 4.92 Å². The molecule has 0 saturated carbocycles. The number of hydrogen-bond acceptors (Lipinski definition) is 3. The highest BCUT2D eigenvalue weighted by atomic mass is 31.0. The lowest BCUT2D eigenvalue weighted by Crippen LogP contribution is -2.01. The maximum Gasteiger partial charge on any atom is 0.270 e. The molecule has 0 N–H and O–H groups in total. The number of benzene rings is 2. The zero-order valence-electron chi connectivity index (χ0n) is 9.58. The molecule has 92 valence electrons. The zero-order valence-corrected chi connectivity index (χ0v) is 11.0. The van der Waals surface area contributed by atoms with Crippen molar-refractivity contribution in [3.8, 4) is 0 Å². The van der Waals surface area contributed by atoms with Crippen LogP contribution in [0, 0.1) is 10.1 Å². The van der Waals surface area contributed by atoms with Gasteiger partial charge in [-0.05, 0) is 0 Å². The molecular formula is C13H12NO3P. The summed E-state index contributed by atoms with van der Waals surface area (Å²) < 4.78 is 0. The summed E-state index contributed by atoms with van der Waals surface area (Å²) in [6.07, 6.45) is 0. The molecule has 0 radical (unpaired) electrons. The number of carbonyl (C=O) groups excluding carboxylic acids is 1. The van der Waals surface area contributed by atoms with Crippen molar-refractivity contribution in [1.82, 2.24) is 0 Å². The summed E-state index contributed by atoms with van der Waals surface area (Å²) in [6, 6.07) is 14.4. The third kappa shape index (κ3) is 2.99. The van der Waals surface area contributed by atoms with Crippen LogP contribution in [0.1, 0.15) is 15.9 Å². The predicted molar refractivity (Wildman–Crippen MR) is 74.1 cm³/mol. The Kier molecular flexibility index (Phi) is 4.69. The van der Waals surface area contributed by atoms with Gasteiger partial charge in [0.2, 0.25) is 0 Å². The van der Waals surface area contributed by atoms with Crippen LogP contribution in [0.3, 0.4) is 0 Å². The number of carbonyl (C=O) groups is 1. The SMILES string of the molecule is O=C(c1ccccc1)c1cccc([N+](=O)[O-])c1.P. The van der Waals surface area contributed by atoms with Crippen molar-refractivity contribution >= 4 is 21.4 Å². The van der Waals surface area contributed by atoms with Crippen LogP contribution in [-0.4, -0.2) is 10.7 Å². The number of nitro benzene ring substituents is 1. The second-order valence-corrected chi connectivity index (χ2v) is 3.50. The summed E-state index contributed by atoms with van der Waals surface area (Å²) in [5, 5.41) is 10.6. The van der Waals surface area contributed by atoms with Crippen molar-refractivity contribution in [2.75, 3.05) is 0 Å². The van der Waals surface area contributed by atoms with Crippen LogP contribution in [0.5, 0.6) is 0 Å². The second kappa shape index (κ2) is 6.03. The Bertz CT molecular complexity index is 569. The zero-order chi connectivity index (χ0) is 12.3. The Labute approximate surface area is 107 Å². The quantitative estimate of drug-likeness (QED) is 0.369. The van der Waals surface area contributed by atoms with Crippen molar-refractivity contribution in [1.29, 1.82) is 0 Å². The van der Waals surface area contributed by atoms with Crippen molar-refractivity contribution in [2.24, 2.45) is 0 Å². The minimum absolute atomic E-state index is 0. The van der Waals surface area contributed by atoms with E-state index >= 15 is 0 Å². The number of ketones is 1. The molecule has 0 heterocycles. The normalized spacial score (nSPS) is 9.33. The van der Waals surface area contributed by atoms with Crippen LogP contribution in [0.2, 0.25) is 0 Å². The Morgan fingerprint density at radius 2 is 1.56 bits per heavy atom. The molecule has 4 nitrogen and oxygen atoms in total. The molecule has 2 aromatic rings. The highest BCUT2D eigenvalue weighted by molar-refractivity contribution is 6.92. The summed E-state index contributed by atoms with van der Waals surface area (Å²) in [7, 11) is 0. The van der Waals surface area contributed by atoms with Gasteiger partial charge in [-0.3, -0.25) is 14.9 Å². The molecule has 0 aliphatic carbocycles. The van der Waals surface area contributed by atoms with E-state index in [0.29, 0.717) is 11.1 Å². The van der Waals surface area contributed by atoms with E-state index < -0.39 is 4.92 Å². The first kappa shape index (κ1) is 14.0. The maximum atomic E-state index is 12.0. The van der Waals surface area contributed by atoms with E-state index in [4.69, 9.17) is 0 Å². The van der Waals surface area contributed by atoms with Gasteiger partial charge in [0.1, 0.15) is 0 Å². The lowest BCUT2D eigenvalue weighted by molar-refractivity contribution is -0.384. The van der Waals surface area contributed by atoms with Gasteiger partial charge in [-0.15, -0.1) is 0 Å². The van der Waals surface area contributed by atoms with Gasteiger partial charge in [0, 0.05) is 23.3 Å². The summed E-state index contributed by atoms with van der Waals surface area (Å²) in [4.78, 5) is 22.1. The third-order valence-corrected chi connectivity index (χ3v) is 2.36. The molecule has 0 aromatic heterocycles. The molecule has 18 heavy (non-hydrogen) atoms. The molecule has 0 aliphatic heterocycles. The largest absolute Gasteiger partial charge is 0.289 e. The van der Waals surface area contributed by atoms with Gasteiger partial charge < -0.3 is 0 Å². The molecule has 0 bridgehead atoms. The van der Waals surface area contributed by atoms with Crippen molar-refractivity contribution in [3.63, 3.8) is 0 Å². The standard InChI is InChI=1S/C13H9NO3.H3P/c15-13(10-5-2-1-3-6-10)11-7-4-8-12(9-11)14(16)17;/h1-9H;1H3. The molecule has 0 saturated heterocycles. The van der Waals surface area contributed by atoms with E-state index in [-0.39, 0.29) is 21.4 Å². The summed E-state index contributed by atoms with van der Waals surface area (Å²) in [5.41, 5.74) is 0.769. The molecule has 0 spiro atoms. The number of nitrogens with zero attached hydrogens (tertiary/aromatic N) is 1. The van der Waals surface area contributed by atoms with Crippen LogP contribution in [0.15, 0.2) is 54.6 Å². The van der Waals surface area contributed by atoms with E-state index in [1.54, 1.807) is 30.3 Å². The average Bonchev–Trinajstić information content (AvgIpc) is 2.39. The lowest BCUT2D eigenvalue weighted by Gasteiger charge is -2.00. The topological polar surface area (TPSA) is 60.2 Å². The van der Waals surface area contributed by atoms with Gasteiger partial charge in [-0.1, -0.05) is 42.5 Å². The maximum absolute atomic E-state index is 12.0. The smallest absolute Gasteiger partial charge is 0.270 e. The third-order valence-electron chi connectivity index (χ3n) is 2.36. The molecule has 1 atom stereocenters. The van der Waals surface area contributed by atoms with E-state index in [9.17, 15) is 14.9 Å². The van der Waals surface area contributed by atoms with Crippen LogP contribution in [-0.2, 0) is 0 Å². The average molecular weight is 261 g/mol. The monoisotopic (exact) mass is 261 g/mol. The minimum atomic E-state index is -0.512. The van der Waals surface area contributed by atoms with Gasteiger partial charge in [-0.2, -0.15) is 9.90 Å². The number of nitro groups is 1. The minimum Gasteiger partial charge on any atom is -0.289 e. The highest BCUT2D eigenvalue weighted by Crippen LogP contribution is 2.16. The molecular weight excluding hydrogens is 249 g/mol. The molecule has 2 rings (SSSR count). The van der Waals surface area contributed by atoms with E-state index in [1.165, 1.54) is 18.2 Å². The van der Waals surface area contributed by atoms with Crippen LogP contribution in [0.4, 0.5) is 5.69 Å². The van der Waals surface area contributed by atoms with Crippen molar-refractivity contribution < 1.29 is 9.72 Å². The fraction of sp³-hybridized carbons (Fsp3) is 0. The van der Waals surface area contributed by atoms with Crippen LogP contribution in [0.25, 0.3) is 0 Å². The molecule has 1 unspecified atom stereocenters. The summed E-state index contributed by atoms with van der Waals surface area (Å²) in [5.74, 6) is -0.214. The molecule has 2 aromatic carbocycles. The number of hydrogen-bond donors (Lipinski definition) is 0. The second-order valence-electron chi connectivity index (χ2n) is 3.50. The fourth-order valence-electron chi connectivity index (χ4n) is 1.52. The Morgan fingerprint density at radius 3 is 2.17 bits per heavy atom. The van der Waals surface area contributed by atoms with Gasteiger partial charge >= 0.3 is 0 Å². The summed E-state index contributed by atoms with van der Waals surface area (Å²) >= 11 is 0. The Morgan fingerprint density at radius 1 is 0.944 bits per heavy atom. The molecule has 0 amide bonds. The molecule has 5 heteroatoms. The van der Waals surface area contributed by atoms with Gasteiger partial charge in [0.25, 0.3) is 5.69 Å². The van der Waals surface area contributed by atoms with Crippen molar-refractivity contribution in [3.05, 3.63) is 75.8 Å². The fourth-order valence-corrected chi connectivity index (χ4v) is 1.52. The van der Waals surface area contributed by atoms with Crippen LogP contribution >= 0.6 is 9.90 Å². The predicted octanol–water partition coefficient (Wildman–Crippen LogP) is 2.88. The first-order valence-corrected chi connectivity index (χ1v) is 5.02. The van der Waals surface area contributed by atoms with Crippen molar-refractivity contribution in [2.45, 2.75) is 0 Å². The first-order chi connectivity index (χ1) is 8.18.